The Bertz CT molecular complexity index is 623. The fraction of sp³-hybridized carbons (Fsp3) is 0.333. The van der Waals surface area contributed by atoms with E-state index in [1.807, 2.05) is 36.4 Å². The number of aromatic hydroxyl groups is 1. The van der Waals surface area contributed by atoms with Gasteiger partial charge in [0.15, 0.2) is 0 Å². The number of morpholine rings is 1. The van der Waals surface area contributed by atoms with Gasteiger partial charge in [-0.3, -0.25) is 4.90 Å². The molecule has 1 atom stereocenters. The van der Waals surface area contributed by atoms with Crippen molar-refractivity contribution in [1.82, 2.24) is 4.90 Å². The molecule has 0 saturated carbocycles. The highest BCUT2D eigenvalue weighted by Gasteiger charge is 2.26. The molecule has 1 fully saturated rings. The van der Waals surface area contributed by atoms with E-state index in [4.69, 9.17) is 9.47 Å². The number of methoxy groups -OCH3 is 1. The van der Waals surface area contributed by atoms with Crippen LogP contribution in [-0.2, 0) is 4.74 Å². The Hall–Kier alpha value is -2.04. The van der Waals surface area contributed by atoms with E-state index >= 15 is 0 Å². The van der Waals surface area contributed by atoms with Crippen LogP contribution in [0.15, 0.2) is 48.5 Å². The molecule has 2 aromatic rings. The minimum absolute atomic E-state index is 0.000185. The summed E-state index contributed by atoms with van der Waals surface area (Å²) in [5.41, 5.74) is 2.03. The van der Waals surface area contributed by atoms with Crippen molar-refractivity contribution in [2.45, 2.75) is 6.04 Å². The molecule has 0 aliphatic carbocycles. The lowest BCUT2D eigenvalue weighted by molar-refractivity contribution is 0.0235. The summed E-state index contributed by atoms with van der Waals surface area (Å²) in [6, 6.07) is 15.6. The average molecular weight is 299 g/mol. The van der Waals surface area contributed by atoms with Gasteiger partial charge in [0.2, 0.25) is 0 Å². The first-order valence-electron chi connectivity index (χ1n) is 7.53. The van der Waals surface area contributed by atoms with E-state index in [1.54, 1.807) is 13.2 Å². The van der Waals surface area contributed by atoms with Gasteiger partial charge in [-0.15, -0.1) is 0 Å². The van der Waals surface area contributed by atoms with E-state index in [0.717, 1.165) is 30.0 Å². The van der Waals surface area contributed by atoms with Gasteiger partial charge in [-0.25, -0.2) is 0 Å². The molecular weight excluding hydrogens is 278 g/mol. The maximum absolute atomic E-state index is 10.3. The Morgan fingerprint density at radius 2 is 1.86 bits per heavy atom. The van der Waals surface area contributed by atoms with Crippen molar-refractivity contribution in [3.63, 3.8) is 0 Å². The van der Waals surface area contributed by atoms with Crippen LogP contribution in [0.1, 0.15) is 17.2 Å². The monoisotopic (exact) mass is 299 g/mol. The van der Waals surface area contributed by atoms with E-state index in [9.17, 15) is 5.11 Å². The number of ether oxygens (including phenoxy) is 2. The van der Waals surface area contributed by atoms with Crippen LogP contribution in [-0.4, -0.2) is 43.4 Å². The first-order chi connectivity index (χ1) is 10.8. The lowest BCUT2D eigenvalue weighted by atomic mass is 9.95. The van der Waals surface area contributed by atoms with Gasteiger partial charge in [0, 0.05) is 18.7 Å². The summed E-state index contributed by atoms with van der Waals surface area (Å²) >= 11 is 0. The molecule has 1 unspecified atom stereocenters. The zero-order valence-electron chi connectivity index (χ0n) is 12.7. The molecule has 1 heterocycles. The molecule has 0 aromatic heterocycles. The third-order valence-corrected chi connectivity index (χ3v) is 4.05. The predicted molar refractivity (Wildman–Crippen MR) is 85.3 cm³/mol. The second kappa shape index (κ2) is 6.81. The molecule has 0 amide bonds. The molecule has 116 valence electrons. The number of hydrogen-bond acceptors (Lipinski definition) is 4. The van der Waals surface area contributed by atoms with Crippen molar-refractivity contribution in [2.75, 3.05) is 33.4 Å². The van der Waals surface area contributed by atoms with Crippen LogP contribution in [0.2, 0.25) is 0 Å². The Labute approximate surface area is 130 Å². The first kappa shape index (κ1) is 14.9. The molecule has 22 heavy (non-hydrogen) atoms. The molecule has 4 heteroatoms. The van der Waals surface area contributed by atoms with Crippen molar-refractivity contribution >= 4 is 0 Å². The van der Waals surface area contributed by atoms with Crippen LogP contribution < -0.4 is 4.74 Å². The molecule has 1 aliphatic heterocycles. The highest BCUT2D eigenvalue weighted by atomic mass is 16.5. The molecule has 3 rings (SSSR count). The van der Waals surface area contributed by atoms with Crippen molar-refractivity contribution in [2.24, 2.45) is 0 Å². The van der Waals surface area contributed by atoms with Gasteiger partial charge in [-0.05, 0) is 23.8 Å². The molecule has 1 saturated heterocycles. The van der Waals surface area contributed by atoms with Gasteiger partial charge in [-0.1, -0.05) is 30.3 Å². The molecule has 1 aliphatic rings. The Morgan fingerprint density at radius 3 is 2.59 bits per heavy atom. The fourth-order valence-electron chi connectivity index (χ4n) is 2.95. The Kier molecular flexibility index (Phi) is 4.61. The van der Waals surface area contributed by atoms with E-state index in [0.29, 0.717) is 19.0 Å². The largest absolute Gasteiger partial charge is 0.508 e. The van der Waals surface area contributed by atoms with Crippen molar-refractivity contribution in [3.05, 3.63) is 59.7 Å². The van der Waals surface area contributed by atoms with Crippen molar-refractivity contribution in [1.29, 1.82) is 0 Å². The van der Waals surface area contributed by atoms with Crippen molar-refractivity contribution in [3.8, 4) is 11.5 Å². The Morgan fingerprint density at radius 1 is 1.09 bits per heavy atom. The lowest BCUT2D eigenvalue weighted by Crippen LogP contribution is -2.39. The normalized spacial score (nSPS) is 17.1. The number of para-hydroxylation sites is 1. The average Bonchev–Trinajstić information content (AvgIpc) is 2.58. The Balaban J connectivity index is 2.03. The summed E-state index contributed by atoms with van der Waals surface area (Å²) in [4.78, 5) is 2.34. The lowest BCUT2D eigenvalue weighted by Gasteiger charge is -2.35. The van der Waals surface area contributed by atoms with Crippen LogP contribution in [0.5, 0.6) is 11.5 Å². The van der Waals surface area contributed by atoms with Gasteiger partial charge in [0.1, 0.15) is 11.5 Å². The topological polar surface area (TPSA) is 41.9 Å². The van der Waals surface area contributed by atoms with Crippen LogP contribution in [0.4, 0.5) is 0 Å². The van der Waals surface area contributed by atoms with Crippen LogP contribution >= 0.6 is 0 Å². The van der Waals surface area contributed by atoms with Crippen LogP contribution in [0.3, 0.4) is 0 Å². The summed E-state index contributed by atoms with van der Waals surface area (Å²) in [6.45, 7) is 3.12. The summed E-state index contributed by atoms with van der Waals surface area (Å²) < 4.78 is 10.8. The summed E-state index contributed by atoms with van der Waals surface area (Å²) in [5.74, 6) is 1.15. The number of phenolic OH excluding ortho intramolecular Hbond substituents is 1. The number of rotatable bonds is 4. The van der Waals surface area contributed by atoms with Crippen molar-refractivity contribution < 1.29 is 14.6 Å². The molecule has 2 aromatic carbocycles. The highest BCUT2D eigenvalue weighted by molar-refractivity contribution is 5.42. The molecule has 0 bridgehead atoms. The smallest absolute Gasteiger partial charge is 0.120 e. The minimum atomic E-state index is 0.000185. The standard InChI is InChI=1S/C18H21NO3/c1-21-15-6-4-5-14(13-15)18(19-9-11-22-12-10-19)16-7-2-3-8-17(16)20/h2-8,13,18,20H,9-12H2,1H3. The zero-order chi connectivity index (χ0) is 15.4. The summed E-state index contributed by atoms with van der Waals surface area (Å²) in [5, 5.41) is 10.3. The van der Waals surface area contributed by atoms with Crippen LogP contribution in [0.25, 0.3) is 0 Å². The number of nitrogens with zero attached hydrogens (tertiary/aromatic N) is 1. The molecule has 4 nitrogen and oxygen atoms in total. The number of phenols is 1. The molecular formula is C18H21NO3. The number of hydrogen-bond donors (Lipinski definition) is 1. The second-order valence-electron chi connectivity index (χ2n) is 5.39. The zero-order valence-corrected chi connectivity index (χ0v) is 12.7. The second-order valence-corrected chi connectivity index (χ2v) is 5.39. The maximum atomic E-state index is 10.3. The van der Waals surface area contributed by atoms with Gasteiger partial charge < -0.3 is 14.6 Å². The third kappa shape index (κ3) is 3.08. The quantitative estimate of drug-likeness (QED) is 0.942. The van der Waals surface area contributed by atoms with E-state index in [1.165, 1.54) is 0 Å². The van der Waals surface area contributed by atoms with E-state index < -0.39 is 0 Å². The highest BCUT2D eigenvalue weighted by Crippen LogP contribution is 2.35. The van der Waals surface area contributed by atoms with Gasteiger partial charge in [0.25, 0.3) is 0 Å². The number of benzene rings is 2. The molecule has 0 radical (unpaired) electrons. The van der Waals surface area contributed by atoms with E-state index in [2.05, 4.69) is 11.0 Å². The first-order valence-corrected chi connectivity index (χ1v) is 7.53. The predicted octanol–water partition coefficient (Wildman–Crippen LogP) is 2.82. The third-order valence-electron chi connectivity index (χ3n) is 4.05. The maximum Gasteiger partial charge on any atom is 0.120 e. The minimum Gasteiger partial charge on any atom is -0.508 e. The fourth-order valence-corrected chi connectivity index (χ4v) is 2.95. The molecule has 1 N–H and O–H groups in total. The van der Waals surface area contributed by atoms with Gasteiger partial charge in [0.05, 0.1) is 26.4 Å². The molecule has 0 spiro atoms. The van der Waals surface area contributed by atoms with Gasteiger partial charge in [-0.2, -0.15) is 0 Å². The van der Waals surface area contributed by atoms with Crippen LogP contribution in [0, 0.1) is 0 Å². The summed E-state index contributed by atoms with van der Waals surface area (Å²) in [6.07, 6.45) is 0. The summed E-state index contributed by atoms with van der Waals surface area (Å²) in [7, 11) is 1.67. The van der Waals surface area contributed by atoms with Gasteiger partial charge >= 0.3 is 0 Å². The van der Waals surface area contributed by atoms with E-state index in [-0.39, 0.29) is 6.04 Å². The SMILES string of the molecule is COc1cccc(C(c2ccccc2O)N2CCOCC2)c1.